The molecule has 106 valence electrons. The first-order valence-electron chi connectivity index (χ1n) is 7.21. The van der Waals surface area contributed by atoms with Crippen LogP contribution in [0.1, 0.15) is 35.0 Å². The molecule has 3 rings (SSSR count). The van der Waals surface area contributed by atoms with E-state index >= 15 is 0 Å². The van der Waals surface area contributed by atoms with Crippen molar-refractivity contribution in [3.63, 3.8) is 0 Å². The molecule has 3 nitrogen and oxygen atoms in total. The highest BCUT2D eigenvalue weighted by Gasteiger charge is 2.19. The van der Waals surface area contributed by atoms with Gasteiger partial charge in [-0.1, -0.05) is 13.3 Å². The number of anilines is 1. The number of aryl methyl sites for hydroxylation is 1. The summed E-state index contributed by atoms with van der Waals surface area (Å²) in [7, 11) is 0. The number of fused-ring (bicyclic) bond motifs is 1. The lowest BCUT2D eigenvalue weighted by atomic mass is 10.1. The summed E-state index contributed by atoms with van der Waals surface area (Å²) in [5, 5.41) is 11.6. The molecule has 20 heavy (non-hydrogen) atoms. The summed E-state index contributed by atoms with van der Waals surface area (Å²) in [5.41, 5.74) is 3.48. The smallest absolute Gasteiger partial charge is 0.129 e. The van der Waals surface area contributed by atoms with Crippen LogP contribution in [0.3, 0.4) is 0 Å². The number of nitrogens with zero attached hydrogens (tertiary/aromatic N) is 2. The van der Waals surface area contributed by atoms with Crippen LogP contribution in [0.5, 0.6) is 0 Å². The van der Waals surface area contributed by atoms with Crippen molar-refractivity contribution in [2.24, 2.45) is 0 Å². The second-order valence-corrected chi connectivity index (χ2v) is 6.27. The summed E-state index contributed by atoms with van der Waals surface area (Å²) in [6, 6.07) is 6.26. The molecule has 0 saturated heterocycles. The van der Waals surface area contributed by atoms with Gasteiger partial charge in [0.1, 0.15) is 5.82 Å². The molecule has 1 aliphatic rings. The predicted octanol–water partition coefficient (Wildman–Crippen LogP) is 3.15. The average molecular weight is 288 g/mol. The van der Waals surface area contributed by atoms with Gasteiger partial charge in [-0.05, 0) is 47.5 Å². The zero-order valence-electron chi connectivity index (χ0n) is 11.8. The van der Waals surface area contributed by atoms with Gasteiger partial charge in [0.05, 0.1) is 6.61 Å². The Bertz CT molecular complexity index is 594. The molecule has 0 radical (unpaired) electrons. The third-order valence-electron chi connectivity index (χ3n) is 3.75. The molecule has 2 aromatic heterocycles. The number of aliphatic hydroxyl groups is 1. The first kappa shape index (κ1) is 13.6. The molecule has 0 aliphatic carbocycles. The molecule has 0 unspecified atom stereocenters. The quantitative estimate of drug-likeness (QED) is 0.939. The van der Waals surface area contributed by atoms with Crippen LogP contribution >= 0.6 is 11.3 Å². The number of aromatic nitrogens is 1. The van der Waals surface area contributed by atoms with Crippen molar-refractivity contribution < 1.29 is 5.11 Å². The summed E-state index contributed by atoms with van der Waals surface area (Å²) in [6.45, 7) is 4.20. The van der Waals surface area contributed by atoms with E-state index in [9.17, 15) is 5.11 Å². The van der Waals surface area contributed by atoms with Crippen molar-refractivity contribution >= 4 is 17.2 Å². The summed E-state index contributed by atoms with van der Waals surface area (Å²) in [5.74, 6) is 1.01. The summed E-state index contributed by atoms with van der Waals surface area (Å²) < 4.78 is 0. The largest absolute Gasteiger partial charge is 0.392 e. The third-order valence-corrected chi connectivity index (χ3v) is 4.77. The topological polar surface area (TPSA) is 36.4 Å². The molecule has 1 aliphatic heterocycles. The van der Waals surface area contributed by atoms with Gasteiger partial charge in [0.15, 0.2) is 0 Å². The van der Waals surface area contributed by atoms with Gasteiger partial charge in [0.25, 0.3) is 0 Å². The second kappa shape index (κ2) is 5.94. The Balaban J connectivity index is 1.88. The van der Waals surface area contributed by atoms with Crippen molar-refractivity contribution in [1.29, 1.82) is 0 Å². The number of pyridine rings is 1. The van der Waals surface area contributed by atoms with Crippen molar-refractivity contribution in [2.75, 3.05) is 11.4 Å². The van der Waals surface area contributed by atoms with Crippen molar-refractivity contribution in [1.82, 2.24) is 4.98 Å². The summed E-state index contributed by atoms with van der Waals surface area (Å²) in [6.07, 6.45) is 3.15. The van der Waals surface area contributed by atoms with Crippen LogP contribution in [0.4, 0.5) is 5.82 Å². The highest BCUT2D eigenvalue weighted by atomic mass is 32.1. The van der Waals surface area contributed by atoms with Gasteiger partial charge in [-0.3, -0.25) is 0 Å². The Kier molecular flexibility index (Phi) is 4.03. The maximum Gasteiger partial charge on any atom is 0.129 e. The maximum absolute atomic E-state index is 9.43. The lowest BCUT2D eigenvalue weighted by Gasteiger charge is -2.28. The van der Waals surface area contributed by atoms with E-state index in [1.54, 1.807) is 0 Å². The summed E-state index contributed by atoms with van der Waals surface area (Å²) in [4.78, 5) is 8.60. The third kappa shape index (κ3) is 2.72. The Hall–Kier alpha value is -1.39. The molecule has 0 saturated carbocycles. The van der Waals surface area contributed by atoms with Crippen LogP contribution in [0.15, 0.2) is 23.6 Å². The average Bonchev–Trinajstić information content (AvgIpc) is 2.94. The molecule has 0 atom stereocenters. The van der Waals surface area contributed by atoms with Crippen LogP contribution in [0.2, 0.25) is 0 Å². The van der Waals surface area contributed by atoms with E-state index in [-0.39, 0.29) is 6.61 Å². The minimum Gasteiger partial charge on any atom is -0.392 e. The van der Waals surface area contributed by atoms with Crippen molar-refractivity contribution in [2.45, 2.75) is 39.3 Å². The number of thiophene rings is 1. The first-order chi connectivity index (χ1) is 9.80. The second-order valence-electron chi connectivity index (χ2n) is 5.27. The monoisotopic (exact) mass is 288 g/mol. The zero-order chi connectivity index (χ0) is 13.9. The highest BCUT2D eigenvalue weighted by Crippen LogP contribution is 2.27. The lowest BCUT2D eigenvalue weighted by molar-refractivity contribution is 0.281. The Morgan fingerprint density at radius 1 is 1.40 bits per heavy atom. The molecule has 1 N–H and O–H groups in total. The molecule has 0 bridgehead atoms. The SMILES string of the molecule is CCCc1cc(CO)cc(N2CCc3sccc3C2)n1. The zero-order valence-corrected chi connectivity index (χ0v) is 12.6. The van der Waals surface area contributed by atoms with E-state index in [2.05, 4.69) is 23.3 Å². The minimum atomic E-state index is 0.0871. The van der Waals surface area contributed by atoms with E-state index in [0.717, 1.165) is 49.4 Å². The van der Waals surface area contributed by atoms with Crippen LogP contribution in [0, 0.1) is 0 Å². The number of aliphatic hydroxyl groups excluding tert-OH is 1. The van der Waals surface area contributed by atoms with E-state index < -0.39 is 0 Å². The van der Waals surface area contributed by atoms with Crippen molar-refractivity contribution in [3.05, 3.63) is 45.3 Å². The fraction of sp³-hybridized carbons (Fsp3) is 0.438. The Labute approximate surface area is 123 Å². The Morgan fingerprint density at radius 2 is 2.30 bits per heavy atom. The Morgan fingerprint density at radius 3 is 3.10 bits per heavy atom. The van der Waals surface area contributed by atoms with Crippen molar-refractivity contribution in [3.8, 4) is 0 Å². The highest BCUT2D eigenvalue weighted by molar-refractivity contribution is 7.10. The fourth-order valence-corrected chi connectivity index (χ4v) is 3.60. The molecule has 0 aromatic carbocycles. The maximum atomic E-state index is 9.43. The first-order valence-corrected chi connectivity index (χ1v) is 8.09. The molecule has 4 heteroatoms. The van der Waals surface area contributed by atoms with Crippen LogP contribution in [0.25, 0.3) is 0 Å². The van der Waals surface area contributed by atoms with Gasteiger partial charge < -0.3 is 10.0 Å². The minimum absolute atomic E-state index is 0.0871. The van der Waals surface area contributed by atoms with Gasteiger partial charge in [-0.15, -0.1) is 11.3 Å². The standard InChI is InChI=1S/C16H20N2OS/c1-2-3-14-8-12(11-19)9-16(17-14)18-6-4-15-13(10-18)5-7-20-15/h5,7-9,19H,2-4,6,10-11H2,1H3. The molecule has 0 spiro atoms. The van der Waals surface area contributed by atoms with Crippen LogP contribution in [-0.4, -0.2) is 16.6 Å². The molecule has 3 heterocycles. The normalized spacial score (nSPS) is 14.4. The molecular formula is C16H20N2OS. The summed E-state index contributed by atoms with van der Waals surface area (Å²) >= 11 is 1.85. The molecule has 0 amide bonds. The van der Waals surface area contributed by atoms with Gasteiger partial charge in [0, 0.05) is 23.7 Å². The predicted molar refractivity (Wildman–Crippen MR) is 83.2 cm³/mol. The molecular weight excluding hydrogens is 268 g/mol. The number of hydrogen-bond donors (Lipinski definition) is 1. The van der Waals surface area contributed by atoms with E-state index in [1.165, 1.54) is 10.4 Å². The van der Waals surface area contributed by atoms with E-state index in [1.807, 2.05) is 23.5 Å². The lowest BCUT2D eigenvalue weighted by Crippen LogP contribution is -2.30. The van der Waals surface area contributed by atoms with E-state index in [0.29, 0.717) is 0 Å². The van der Waals surface area contributed by atoms with E-state index in [4.69, 9.17) is 4.98 Å². The van der Waals surface area contributed by atoms with Gasteiger partial charge >= 0.3 is 0 Å². The van der Waals surface area contributed by atoms with Crippen LogP contribution < -0.4 is 4.90 Å². The van der Waals surface area contributed by atoms with Gasteiger partial charge in [-0.25, -0.2) is 4.98 Å². The van der Waals surface area contributed by atoms with Crippen LogP contribution in [-0.2, 0) is 26.0 Å². The molecule has 0 fully saturated rings. The molecule has 2 aromatic rings. The number of rotatable bonds is 4. The van der Waals surface area contributed by atoms with Gasteiger partial charge in [-0.2, -0.15) is 0 Å². The van der Waals surface area contributed by atoms with Gasteiger partial charge in [0.2, 0.25) is 0 Å². The number of hydrogen-bond acceptors (Lipinski definition) is 4. The fourth-order valence-electron chi connectivity index (χ4n) is 2.71.